The molecule has 0 atom stereocenters. The number of hydrogen-bond acceptors (Lipinski definition) is 5. The van der Waals surface area contributed by atoms with Gasteiger partial charge in [-0.25, -0.2) is 0 Å². The summed E-state index contributed by atoms with van der Waals surface area (Å²) in [5.74, 6) is -0.167. The van der Waals surface area contributed by atoms with Crippen LogP contribution in [0.3, 0.4) is 0 Å². The lowest BCUT2D eigenvalue weighted by atomic mass is 11.1. The molecule has 0 heterocycles. The molecule has 0 aromatic heterocycles. The van der Waals surface area contributed by atoms with Crippen LogP contribution in [-0.2, 0) is 9.59 Å². The maximum absolute atomic E-state index is 8.33. The molecule has 17 heteroatoms. The van der Waals surface area contributed by atoms with E-state index in [-0.39, 0.29) is 73.2 Å². The summed E-state index contributed by atoms with van der Waals surface area (Å²) in [6.45, 7) is 0. The zero-order valence-electron chi connectivity index (χ0n) is 10.5. The smallest absolute Gasteiger partial charge is 0.373 e. The van der Waals surface area contributed by atoms with E-state index < -0.39 is 6.16 Å². The van der Waals surface area contributed by atoms with E-state index >= 15 is 0 Å². The molecule has 0 saturated heterocycles. The molecule has 0 saturated carbocycles. The number of carbonyl (C=O) groups excluding carboxylic acids is 3. The lowest BCUT2D eigenvalue weighted by Crippen LogP contribution is -2.51. The lowest BCUT2D eigenvalue weighted by Gasteiger charge is -1.96. The van der Waals surface area contributed by atoms with Crippen LogP contribution in [-0.4, -0.2) is 57.1 Å². The van der Waals surface area contributed by atoms with Crippen molar-refractivity contribution in [3.63, 3.8) is 0 Å². The first kappa shape index (κ1) is 132. The topological polar surface area (TPSA) is 442 Å². The number of carbonyl (C=O) groups is 1. The zero-order valence-corrected chi connectivity index (χ0v) is 10.5. The van der Waals surface area contributed by atoms with Crippen molar-refractivity contribution in [3.8, 4) is 0 Å². The Labute approximate surface area is 139 Å². The molecule has 160 valence electrons. The van der Waals surface area contributed by atoms with Gasteiger partial charge in [0.15, 0.2) is 0 Å². The Balaban J connectivity index is -0.00000000545. The van der Waals surface area contributed by atoms with Gasteiger partial charge < -0.3 is 47.9 Å². The van der Waals surface area contributed by atoms with E-state index in [1.807, 2.05) is 0 Å². The third-order valence-electron chi connectivity index (χ3n) is 0. The van der Waals surface area contributed by atoms with E-state index in [1.165, 1.54) is 0 Å². The second-order valence-corrected chi connectivity index (χ2v) is 1.33. The van der Waals surface area contributed by atoms with Gasteiger partial charge in [-0.05, 0) is 6.16 Å². The molecule has 0 amide bonds. The van der Waals surface area contributed by atoms with Crippen LogP contribution < -0.4 is 44.0 Å². The summed E-state index contributed by atoms with van der Waals surface area (Å²) >= 11 is 0. The summed E-state index contributed by atoms with van der Waals surface area (Å²) < 4.78 is 0. The van der Waals surface area contributed by atoms with E-state index in [4.69, 9.17) is 24.6 Å². The van der Waals surface area contributed by atoms with Crippen molar-refractivity contribution >= 4 is 24.2 Å². The number of guanidine groups is 2. The number of nitrogens with two attached hydrogens (primary N) is 6. The van der Waals surface area contributed by atoms with Gasteiger partial charge in [-0.1, -0.05) is 22.3 Å². The average Bonchev–Trinajstić information content (AvgIpc) is 1.81. The first-order valence-corrected chi connectivity index (χ1v) is 2.75. The molecule has 0 spiro atoms. The molecule has 24 heavy (non-hydrogen) atoms. The largest absolute Gasteiger partial charge is 0.652 e. The van der Waals surface area contributed by atoms with Gasteiger partial charge in [0.1, 0.15) is 0 Å². The molecular weight excluding hydrogens is 344 g/mol. The second-order valence-electron chi connectivity index (χ2n) is 1.33. The quantitative estimate of drug-likeness (QED) is 0.171. The molecule has 0 aliphatic heterocycles. The van der Waals surface area contributed by atoms with Crippen LogP contribution in [0.4, 0.5) is 4.79 Å². The molecular formula is C7H36N6O11. The highest BCUT2D eigenvalue weighted by Gasteiger charge is 1.64. The van der Waals surface area contributed by atoms with Crippen molar-refractivity contribution in [1.82, 2.24) is 0 Å². The number of rotatable bonds is 0. The fraction of sp³-hybridized carbons (Fsp3) is 0.429. The second kappa shape index (κ2) is 148. The summed E-state index contributed by atoms with van der Waals surface area (Å²) in [6.07, 6.45) is -2.08. The molecule has 0 radical (unpaired) electrons. The van der Waals surface area contributed by atoms with E-state index in [0.717, 1.165) is 0 Å². The van der Waals surface area contributed by atoms with Crippen molar-refractivity contribution in [2.75, 3.05) is 0 Å². The number of carboxylic acid groups (broad SMARTS) is 2. The fourth-order valence-electron chi connectivity index (χ4n) is 0. The summed E-state index contributed by atoms with van der Waals surface area (Å²) in [5.41, 5.74) is 18.3. The molecule has 24 N–H and O–H groups in total. The standard InChI is InChI=1S/2CH5N3.CH2O3.CO2.3CH4.6H2O/c3*2-1(3)4;2-1-3;;;;;;;;;/h2*(H5,2,3,4);(H2,2,3,4);;3*1H4;6*1H2. The molecule has 0 aromatic carbocycles. The highest BCUT2D eigenvalue weighted by Crippen LogP contribution is 1.21. The van der Waals surface area contributed by atoms with Gasteiger partial charge in [0.25, 0.3) is 0 Å². The monoisotopic (exact) mass is 380 g/mol. The highest BCUT2D eigenvalue weighted by molar-refractivity contribution is 5.68. The first-order valence-electron chi connectivity index (χ1n) is 2.75. The molecule has 0 aliphatic carbocycles. The van der Waals surface area contributed by atoms with Crippen molar-refractivity contribution in [3.05, 3.63) is 0 Å². The minimum absolute atomic E-state index is 0. The van der Waals surface area contributed by atoms with Crippen LogP contribution in [0.25, 0.3) is 0 Å². The van der Waals surface area contributed by atoms with Crippen molar-refractivity contribution in [1.29, 1.82) is 0 Å². The predicted molar refractivity (Wildman–Crippen MR) is 82.9 cm³/mol. The third kappa shape index (κ3) is 656. The maximum atomic E-state index is 8.33. The van der Waals surface area contributed by atoms with E-state index in [9.17, 15) is 0 Å². The van der Waals surface area contributed by atoms with Crippen LogP contribution in [0.1, 0.15) is 22.3 Å². The normalized spacial score (nSPS) is 3.33. The van der Waals surface area contributed by atoms with Gasteiger partial charge in [0.2, 0.25) is 0 Å². The van der Waals surface area contributed by atoms with Gasteiger partial charge in [-0.3, -0.25) is 33.8 Å². The molecule has 0 rings (SSSR count). The maximum Gasteiger partial charge on any atom is 0.373 e. The summed E-state index contributed by atoms with van der Waals surface area (Å²) in [6, 6.07) is 0. The van der Waals surface area contributed by atoms with E-state index in [0.29, 0.717) is 0 Å². The van der Waals surface area contributed by atoms with Gasteiger partial charge in [0, 0.05) is 0 Å². The molecule has 0 fully saturated rings. The minimum atomic E-state index is -2.33. The summed E-state index contributed by atoms with van der Waals surface area (Å²) in [4.78, 5) is 24.6. The Bertz CT molecular complexity index is 194. The predicted octanol–water partition coefficient (Wildman–Crippen LogP) is -12.0. The van der Waals surface area contributed by atoms with Gasteiger partial charge in [-0.2, -0.15) is 9.59 Å². The molecule has 0 bridgehead atoms. The van der Waals surface area contributed by atoms with E-state index in [2.05, 4.69) is 33.8 Å². The van der Waals surface area contributed by atoms with Crippen molar-refractivity contribution in [2.24, 2.45) is 22.9 Å². The van der Waals surface area contributed by atoms with Crippen LogP contribution in [0.2, 0.25) is 0 Å². The lowest BCUT2D eigenvalue weighted by molar-refractivity contribution is -0.415. The molecule has 0 aromatic rings. The third-order valence-corrected chi connectivity index (χ3v) is 0. The Morgan fingerprint density at radius 1 is 0.667 bits per heavy atom. The van der Waals surface area contributed by atoms with Gasteiger partial charge >= 0.3 is 18.1 Å². The van der Waals surface area contributed by atoms with Crippen LogP contribution in [0.15, 0.2) is 0 Å². The van der Waals surface area contributed by atoms with Gasteiger partial charge in [0.05, 0.1) is 0 Å². The Kier molecular flexibility index (Phi) is 815. The average molecular weight is 380 g/mol. The van der Waals surface area contributed by atoms with Crippen molar-refractivity contribution < 1.29 is 68.3 Å². The SMILES string of the molecule is C.C.C.NC(N)=[NH2+].NC(N)=[NH2+].O.O.O.O.O.O.O=C([O-])[O-].O=C=O. The van der Waals surface area contributed by atoms with Crippen LogP contribution in [0, 0.1) is 0 Å². The van der Waals surface area contributed by atoms with Crippen LogP contribution in [0.5, 0.6) is 0 Å². The van der Waals surface area contributed by atoms with Crippen LogP contribution >= 0.6 is 0 Å². The zero-order chi connectivity index (χ0) is 13.4. The fourth-order valence-corrected chi connectivity index (χ4v) is 0. The number of hydrogen-bond donors (Lipinski definition) is 6. The first-order chi connectivity index (χ1) is 6.61. The highest BCUT2D eigenvalue weighted by atomic mass is 16.6. The van der Waals surface area contributed by atoms with Crippen molar-refractivity contribution in [2.45, 2.75) is 22.3 Å². The Morgan fingerprint density at radius 3 is 0.667 bits per heavy atom. The van der Waals surface area contributed by atoms with Gasteiger partial charge in [-0.15, -0.1) is 0 Å². The Morgan fingerprint density at radius 2 is 0.667 bits per heavy atom. The Hall–Kier alpha value is -3.05. The molecule has 17 nitrogen and oxygen atoms in total. The summed E-state index contributed by atoms with van der Waals surface area (Å²) in [5, 5.41) is 25.8. The molecule has 0 aliphatic rings. The summed E-state index contributed by atoms with van der Waals surface area (Å²) in [7, 11) is 0. The van der Waals surface area contributed by atoms with E-state index in [1.54, 1.807) is 0 Å². The minimum Gasteiger partial charge on any atom is -0.652 e. The molecule has 0 unspecified atom stereocenters.